The Labute approximate surface area is 131 Å². The Bertz CT molecular complexity index is 704. The van der Waals surface area contributed by atoms with Gasteiger partial charge in [-0.1, -0.05) is 42.5 Å². The molecule has 1 heterocycles. The molecule has 3 heteroatoms. The van der Waals surface area contributed by atoms with Gasteiger partial charge in [0.05, 0.1) is 0 Å². The quantitative estimate of drug-likeness (QED) is 0.849. The minimum atomic E-state index is -1.50. The molecule has 2 aromatic rings. The fraction of sp³-hybridized carbons (Fsp3) is 0.368. The van der Waals surface area contributed by atoms with Crippen molar-refractivity contribution in [2.45, 2.75) is 44.5 Å². The van der Waals surface area contributed by atoms with Crippen molar-refractivity contribution in [1.29, 1.82) is 0 Å². The third-order valence-corrected chi connectivity index (χ3v) is 5.24. The van der Waals surface area contributed by atoms with Gasteiger partial charge in [-0.3, -0.25) is 0 Å². The Morgan fingerprint density at radius 2 is 1.50 bits per heavy atom. The molecule has 3 unspecified atom stereocenters. The molecule has 0 saturated heterocycles. The van der Waals surface area contributed by atoms with Crippen LogP contribution in [-0.2, 0) is 11.2 Å². The van der Waals surface area contributed by atoms with E-state index in [1.54, 1.807) is 13.8 Å². The number of aryl methyl sites for hydroxylation is 1. The fourth-order valence-electron chi connectivity index (χ4n) is 3.47. The number of benzene rings is 2. The van der Waals surface area contributed by atoms with Gasteiger partial charge in [0.15, 0.2) is 5.60 Å². The van der Waals surface area contributed by atoms with Gasteiger partial charge < -0.3 is 14.9 Å². The van der Waals surface area contributed by atoms with Gasteiger partial charge in [0.25, 0.3) is 0 Å². The van der Waals surface area contributed by atoms with Crippen molar-refractivity contribution in [2.24, 2.45) is 0 Å². The summed E-state index contributed by atoms with van der Waals surface area (Å²) in [6.07, 6.45) is 0. The van der Waals surface area contributed by atoms with Crippen molar-refractivity contribution >= 4 is 0 Å². The number of fused-ring (bicyclic) bond motifs is 1. The maximum atomic E-state index is 11.3. The molecule has 0 spiro atoms. The van der Waals surface area contributed by atoms with Crippen LogP contribution in [0.4, 0.5) is 0 Å². The zero-order valence-corrected chi connectivity index (χ0v) is 13.4. The van der Waals surface area contributed by atoms with Gasteiger partial charge in [0.1, 0.15) is 17.0 Å². The van der Waals surface area contributed by atoms with Crippen LogP contribution < -0.4 is 4.74 Å². The van der Waals surface area contributed by atoms with Crippen LogP contribution >= 0.6 is 0 Å². The summed E-state index contributed by atoms with van der Waals surface area (Å²) in [5, 5.41) is 22.5. The third kappa shape index (κ3) is 1.76. The van der Waals surface area contributed by atoms with Crippen LogP contribution in [0.2, 0.25) is 0 Å². The van der Waals surface area contributed by atoms with Gasteiger partial charge in [-0.25, -0.2) is 0 Å². The standard InChI is InChI=1S/C19H22O3/c1-13-9-8-12-15-16(13)17(2,20)19(4,21)18(3,22-15)14-10-6-5-7-11-14/h5-12,20-21H,1-4H3. The van der Waals surface area contributed by atoms with Gasteiger partial charge in [-0.05, 0) is 44.9 Å². The van der Waals surface area contributed by atoms with E-state index in [1.165, 1.54) is 0 Å². The average Bonchev–Trinajstić information content (AvgIpc) is 2.46. The molecular weight excluding hydrogens is 276 g/mol. The van der Waals surface area contributed by atoms with Crippen LogP contribution in [0.15, 0.2) is 48.5 Å². The van der Waals surface area contributed by atoms with Crippen LogP contribution in [0, 0.1) is 6.92 Å². The van der Waals surface area contributed by atoms with E-state index < -0.39 is 16.8 Å². The van der Waals surface area contributed by atoms with Gasteiger partial charge in [0.2, 0.25) is 0 Å². The average molecular weight is 298 g/mol. The van der Waals surface area contributed by atoms with Crippen LogP contribution in [0.25, 0.3) is 0 Å². The minimum absolute atomic E-state index is 0.614. The lowest BCUT2D eigenvalue weighted by atomic mass is 9.65. The SMILES string of the molecule is Cc1cccc2c1C(C)(O)C(C)(O)C(C)(c1ccccc1)O2. The number of ether oxygens (including phenoxy) is 1. The lowest BCUT2D eigenvalue weighted by Gasteiger charge is -2.54. The molecule has 2 aromatic carbocycles. The molecule has 0 radical (unpaired) electrons. The number of hydrogen-bond acceptors (Lipinski definition) is 3. The van der Waals surface area contributed by atoms with Crippen LogP contribution in [0.5, 0.6) is 5.75 Å². The summed E-state index contributed by atoms with van der Waals surface area (Å²) in [6, 6.07) is 15.2. The molecule has 0 saturated carbocycles. The maximum Gasteiger partial charge on any atom is 0.163 e. The highest BCUT2D eigenvalue weighted by atomic mass is 16.5. The van der Waals surface area contributed by atoms with E-state index in [0.29, 0.717) is 11.3 Å². The smallest absolute Gasteiger partial charge is 0.163 e. The number of hydrogen-bond donors (Lipinski definition) is 2. The third-order valence-electron chi connectivity index (χ3n) is 5.24. The molecule has 2 N–H and O–H groups in total. The highest BCUT2D eigenvalue weighted by Gasteiger charge is 2.62. The van der Waals surface area contributed by atoms with E-state index in [2.05, 4.69) is 0 Å². The van der Waals surface area contributed by atoms with E-state index in [-0.39, 0.29) is 0 Å². The molecule has 116 valence electrons. The summed E-state index contributed by atoms with van der Waals surface area (Å²) in [5.74, 6) is 0.614. The Morgan fingerprint density at radius 3 is 2.14 bits per heavy atom. The lowest BCUT2D eigenvalue weighted by molar-refractivity contribution is -0.241. The van der Waals surface area contributed by atoms with E-state index in [9.17, 15) is 10.2 Å². The predicted molar refractivity (Wildman–Crippen MR) is 85.8 cm³/mol. The molecular formula is C19H22O3. The summed E-state index contributed by atoms with van der Waals surface area (Å²) < 4.78 is 6.23. The van der Waals surface area contributed by atoms with Gasteiger partial charge in [0, 0.05) is 5.56 Å². The Balaban J connectivity index is 2.29. The molecule has 0 bridgehead atoms. The van der Waals surface area contributed by atoms with E-state index >= 15 is 0 Å². The second-order valence-electron chi connectivity index (χ2n) is 6.59. The molecule has 0 aromatic heterocycles. The summed E-state index contributed by atoms with van der Waals surface area (Å²) in [7, 11) is 0. The molecule has 0 aliphatic carbocycles. The van der Waals surface area contributed by atoms with E-state index in [1.807, 2.05) is 62.4 Å². The first-order valence-electron chi connectivity index (χ1n) is 7.51. The van der Waals surface area contributed by atoms with Crippen molar-refractivity contribution in [3.05, 3.63) is 65.2 Å². The first-order chi connectivity index (χ1) is 10.2. The normalized spacial score (nSPS) is 33.9. The summed E-state index contributed by atoms with van der Waals surface area (Å²) in [4.78, 5) is 0. The monoisotopic (exact) mass is 298 g/mol. The molecule has 0 amide bonds. The molecule has 1 aliphatic heterocycles. The molecule has 3 nitrogen and oxygen atoms in total. The molecule has 3 rings (SSSR count). The Kier molecular flexibility index (Phi) is 3.13. The van der Waals surface area contributed by atoms with Crippen LogP contribution in [0.1, 0.15) is 37.5 Å². The van der Waals surface area contributed by atoms with Crippen molar-refractivity contribution in [3.63, 3.8) is 0 Å². The zero-order chi connectivity index (χ0) is 16.2. The second kappa shape index (κ2) is 4.58. The first-order valence-corrected chi connectivity index (χ1v) is 7.51. The minimum Gasteiger partial charge on any atom is -0.479 e. The summed E-state index contributed by atoms with van der Waals surface area (Å²) in [6.45, 7) is 7.03. The van der Waals surface area contributed by atoms with Crippen LogP contribution in [0.3, 0.4) is 0 Å². The predicted octanol–water partition coefficient (Wildman–Crippen LogP) is 3.26. The van der Waals surface area contributed by atoms with Crippen LogP contribution in [-0.4, -0.2) is 15.8 Å². The largest absolute Gasteiger partial charge is 0.479 e. The van der Waals surface area contributed by atoms with Crippen molar-refractivity contribution in [1.82, 2.24) is 0 Å². The summed E-state index contributed by atoms with van der Waals surface area (Å²) >= 11 is 0. The van der Waals surface area contributed by atoms with Crippen molar-refractivity contribution in [2.75, 3.05) is 0 Å². The lowest BCUT2D eigenvalue weighted by Crippen LogP contribution is -2.65. The Morgan fingerprint density at radius 1 is 0.864 bits per heavy atom. The fourth-order valence-corrected chi connectivity index (χ4v) is 3.47. The highest BCUT2D eigenvalue weighted by molar-refractivity contribution is 5.50. The van der Waals surface area contributed by atoms with E-state index in [4.69, 9.17) is 4.74 Å². The number of aliphatic hydroxyl groups is 2. The molecule has 22 heavy (non-hydrogen) atoms. The topological polar surface area (TPSA) is 49.7 Å². The molecule has 3 atom stereocenters. The summed E-state index contributed by atoms with van der Waals surface area (Å²) in [5.41, 5.74) is -1.62. The first kappa shape index (κ1) is 15.1. The molecule has 0 fully saturated rings. The number of rotatable bonds is 1. The molecule has 1 aliphatic rings. The Hall–Kier alpha value is -1.84. The van der Waals surface area contributed by atoms with Crippen molar-refractivity contribution in [3.8, 4) is 5.75 Å². The van der Waals surface area contributed by atoms with Gasteiger partial charge >= 0.3 is 0 Å². The van der Waals surface area contributed by atoms with Gasteiger partial charge in [-0.2, -0.15) is 0 Å². The highest BCUT2D eigenvalue weighted by Crippen LogP contribution is 2.54. The van der Waals surface area contributed by atoms with E-state index in [0.717, 1.165) is 11.1 Å². The zero-order valence-electron chi connectivity index (χ0n) is 13.4. The van der Waals surface area contributed by atoms with Crippen molar-refractivity contribution < 1.29 is 14.9 Å². The van der Waals surface area contributed by atoms with Gasteiger partial charge in [-0.15, -0.1) is 0 Å². The second-order valence-corrected chi connectivity index (χ2v) is 6.59. The maximum absolute atomic E-state index is 11.3.